The van der Waals surface area contributed by atoms with Gasteiger partial charge in [-0.05, 0) is 133 Å². The van der Waals surface area contributed by atoms with Gasteiger partial charge in [0.1, 0.15) is 16.7 Å². The van der Waals surface area contributed by atoms with Crippen molar-refractivity contribution in [1.82, 2.24) is 0 Å². The average molecular weight is 831 g/mol. The van der Waals surface area contributed by atoms with Crippen molar-refractivity contribution in [3.8, 4) is 11.1 Å². The fourth-order valence-corrected chi connectivity index (χ4v) is 9.78. The molecule has 0 fully saturated rings. The highest BCUT2D eigenvalue weighted by Gasteiger charge is 2.17. The molecule has 4 nitrogen and oxygen atoms in total. The Bertz CT molecular complexity index is 3330. The van der Waals surface area contributed by atoms with Crippen LogP contribution in [0, 0.1) is 13.8 Å². The first-order valence-corrected chi connectivity index (χ1v) is 22.0. The number of thiophene rings is 1. The Labute approximate surface area is 370 Å². The van der Waals surface area contributed by atoms with Crippen molar-refractivity contribution < 1.29 is 8.83 Å². The second-order valence-electron chi connectivity index (χ2n) is 15.9. The predicted molar refractivity (Wildman–Crippen MR) is 267 cm³/mol. The van der Waals surface area contributed by atoms with E-state index in [-0.39, 0.29) is 0 Å². The minimum atomic E-state index is 0.892. The fraction of sp³-hybridized carbons (Fsp3) is 0.0345. The Kier molecular flexibility index (Phi) is 9.80. The van der Waals surface area contributed by atoms with E-state index in [2.05, 4.69) is 224 Å². The van der Waals surface area contributed by atoms with Crippen LogP contribution in [0.3, 0.4) is 0 Å². The molecule has 3 aromatic heterocycles. The molecule has 0 aliphatic rings. The number of fused-ring (bicyclic) bond motifs is 7. The maximum Gasteiger partial charge on any atom is 0.137 e. The lowest BCUT2D eigenvalue weighted by molar-refractivity contribution is 0.610. The third kappa shape index (κ3) is 7.18. The Hall–Kier alpha value is -7.86. The second-order valence-corrected chi connectivity index (χ2v) is 16.9. The van der Waals surface area contributed by atoms with E-state index in [1.165, 1.54) is 42.2 Å². The molecule has 0 amide bonds. The van der Waals surface area contributed by atoms with E-state index in [9.17, 15) is 0 Å². The topological polar surface area (TPSA) is 32.8 Å². The van der Waals surface area contributed by atoms with E-state index in [1.54, 1.807) is 6.26 Å². The lowest BCUT2D eigenvalue weighted by Gasteiger charge is -2.26. The van der Waals surface area contributed by atoms with Gasteiger partial charge in [-0.1, -0.05) is 115 Å². The molecule has 0 unspecified atom stereocenters. The molecule has 3 heterocycles. The number of benzene rings is 9. The van der Waals surface area contributed by atoms with Gasteiger partial charge in [0.05, 0.1) is 6.26 Å². The number of aryl methyl sites for hydroxylation is 2. The molecule has 9 aromatic carbocycles. The molecule has 0 saturated carbocycles. The maximum atomic E-state index is 6.14. The summed E-state index contributed by atoms with van der Waals surface area (Å²) >= 11 is 1.85. The van der Waals surface area contributed by atoms with Crippen LogP contribution in [-0.2, 0) is 0 Å². The Morgan fingerprint density at radius 2 is 0.841 bits per heavy atom. The molecule has 0 aliphatic heterocycles. The third-order valence-electron chi connectivity index (χ3n) is 11.8. The van der Waals surface area contributed by atoms with Crippen LogP contribution in [-0.4, -0.2) is 0 Å². The summed E-state index contributed by atoms with van der Waals surface area (Å²) in [6.07, 6.45) is 1.80. The van der Waals surface area contributed by atoms with Gasteiger partial charge in [0.15, 0.2) is 0 Å². The fourth-order valence-electron chi connectivity index (χ4n) is 8.69. The standard InChI is InChI=1S/C48H32N2OS.C10H10O/c1-3-11-35(12-4-1)49(39-27-29-46-43(31-39)41-15-7-9-17-45(41)51-46)37-23-19-33(20-24-37)34-21-25-38(26-22-34)50(36-13-5-2-6-14-36)40-28-30-48-44(32-40)42-16-8-10-18-47(42)52-48;1-7-4-3-5-9-8(2)6-11-10(7)9/h1-32H;3-6H,1-2H3. The van der Waals surface area contributed by atoms with Crippen LogP contribution in [0.15, 0.2) is 227 Å². The zero-order valence-electron chi connectivity index (χ0n) is 34.9. The molecule has 5 heteroatoms. The summed E-state index contributed by atoms with van der Waals surface area (Å²) in [7, 11) is 0. The summed E-state index contributed by atoms with van der Waals surface area (Å²) in [6.45, 7) is 4.12. The molecule has 0 N–H and O–H groups in total. The van der Waals surface area contributed by atoms with Gasteiger partial charge < -0.3 is 18.6 Å². The minimum Gasteiger partial charge on any atom is -0.464 e. The molecule has 0 spiro atoms. The molecule has 0 saturated heterocycles. The lowest BCUT2D eigenvalue weighted by Crippen LogP contribution is -2.10. The van der Waals surface area contributed by atoms with E-state index in [0.717, 1.165) is 67.2 Å². The van der Waals surface area contributed by atoms with Gasteiger partial charge in [0, 0.05) is 70.5 Å². The van der Waals surface area contributed by atoms with Crippen molar-refractivity contribution in [2.45, 2.75) is 13.8 Å². The van der Waals surface area contributed by atoms with Crippen molar-refractivity contribution in [2.24, 2.45) is 0 Å². The van der Waals surface area contributed by atoms with Gasteiger partial charge in [0.2, 0.25) is 0 Å². The van der Waals surface area contributed by atoms with E-state index in [0.29, 0.717) is 0 Å². The first kappa shape index (κ1) is 38.1. The summed E-state index contributed by atoms with van der Waals surface area (Å²) < 4.78 is 14.1. The molecule has 0 radical (unpaired) electrons. The molecule has 12 rings (SSSR count). The van der Waals surface area contributed by atoms with Crippen LogP contribution in [0.25, 0.3) is 64.2 Å². The van der Waals surface area contributed by atoms with E-state index in [1.807, 2.05) is 23.5 Å². The van der Waals surface area contributed by atoms with Gasteiger partial charge in [-0.3, -0.25) is 0 Å². The van der Waals surface area contributed by atoms with Crippen molar-refractivity contribution in [2.75, 3.05) is 9.80 Å². The Morgan fingerprint density at radius 3 is 1.49 bits per heavy atom. The molecule has 63 heavy (non-hydrogen) atoms. The highest BCUT2D eigenvalue weighted by Crippen LogP contribution is 2.42. The van der Waals surface area contributed by atoms with Crippen LogP contribution in [0.2, 0.25) is 0 Å². The monoisotopic (exact) mass is 830 g/mol. The molecular formula is C58H42N2O2S. The van der Waals surface area contributed by atoms with Crippen LogP contribution in [0.1, 0.15) is 11.1 Å². The third-order valence-corrected chi connectivity index (χ3v) is 13.0. The number of para-hydroxylation sites is 4. The molecule has 12 aromatic rings. The number of hydrogen-bond acceptors (Lipinski definition) is 5. The number of hydrogen-bond donors (Lipinski definition) is 0. The van der Waals surface area contributed by atoms with Crippen molar-refractivity contribution >= 4 is 98.5 Å². The number of anilines is 6. The summed E-state index contributed by atoms with van der Waals surface area (Å²) in [5.41, 5.74) is 14.2. The van der Waals surface area contributed by atoms with Crippen LogP contribution in [0.5, 0.6) is 0 Å². The Balaban J connectivity index is 0.000000351. The van der Waals surface area contributed by atoms with Crippen molar-refractivity contribution in [1.29, 1.82) is 0 Å². The molecule has 0 bridgehead atoms. The smallest absolute Gasteiger partial charge is 0.137 e. The van der Waals surface area contributed by atoms with E-state index >= 15 is 0 Å². The van der Waals surface area contributed by atoms with Crippen LogP contribution < -0.4 is 9.80 Å². The zero-order chi connectivity index (χ0) is 42.3. The Morgan fingerprint density at radius 1 is 0.349 bits per heavy atom. The van der Waals surface area contributed by atoms with Gasteiger partial charge in [0.25, 0.3) is 0 Å². The largest absolute Gasteiger partial charge is 0.464 e. The SMILES string of the molecule is Cc1coc2c(C)cccc12.c1ccc(N(c2ccc(-c3ccc(N(c4ccccc4)c4ccc5sc6ccccc6c5c4)cc3)cc2)c2ccc3oc4ccccc4c3c2)cc1. The molecule has 0 aliphatic carbocycles. The molecule has 302 valence electrons. The molecular weight excluding hydrogens is 789 g/mol. The van der Waals surface area contributed by atoms with Gasteiger partial charge in [-0.15, -0.1) is 11.3 Å². The minimum absolute atomic E-state index is 0.892. The number of furan rings is 2. The van der Waals surface area contributed by atoms with E-state index in [4.69, 9.17) is 8.83 Å². The quantitative estimate of drug-likeness (QED) is 0.160. The highest BCUT2D eigenvalue weighted by atomic mass is 32.1. The maximum absolute atomic E-state index is 6.14. The first-order valence-electron chi connectivity index (χ1n) is 21.2. The number of rotatable bonds is 7. The normalized spacial score (nSPS) is 11.3. The first-order chi connectivity index (χ1) is 31.1. The zero-order valence-corrected chi connectivity index (χ0v) is 35.7. The van der Waals surface area contributed by atoms with Gasteiger partial charge in [-0.25, -0.2) is 0 Å². The van der Waals surface area contributed by atoms with Crippen molar-refractivity contribution in [3.63, 3.8) is 0 Å². The van der Waals surface area contributed by atoms with Gasteiger partial charge >= 0.3 is 0 Å². The highest BCUT2D eigenvalue weighted by molar-refractivity contribution is 7.25. The van der Waals surface area contributed by atoms with Gasteiger partial charge in [-0.2, -0.15) is 0 Å². The summed E-state index contributed by atoms with van der Waals surface area (Å²) in [5.74, 6) is 0. The second kappa shape index (κ2) is 16.2. The lowest BCUT2D eigenvalue weighted by atomic mass is 10.0. The molecule has 0 atom stereocenters. The summed E-state index contributed by atoms with van der Waals surface area (Å²) in [4.78, 5) is 4.65. The summed E-state index contributed by atoms with van der Waals surface area (Å²) in [5, 5.41) is 6.05. The predicted octanol–water partition coefficient (Wildman–Crippen LogP) is 17.6. The van der Waals surface area contributed by atoms with Crippen molar-refractivity contribution in [3.05, 3.63) is 230 Å². The number of nitrogens with zero attached hydrogens (tertiary/aromatic N) is 2. The van der Waals surface area contributed by atoms with Crippen LogP contribution in [0.4, 0.5) is 34.1 Å². The van der Waals surface area contributed by atoms with E-state index < -0.39 is 0 Å². The summed E-state index contributed by atoms with van der Waals surface area (Å²) in [6, 6.07) is 75.3. The average Bonchev–Trinajstić information content (AvgIpc) is 4.04. The van der Waals surface area contributed by atoms with Crippen LogP contribution >= 0.6 is 11.3 Å².